The molecular formula is C41H29N5Si. The topological polar surface area (TPSA) is 48.0 Å². The number of aromatic nitrogens is 5. The first-order chi connectivity index (χ1) is 23.3. The van der Waals surface area contributed by atoms with Gasteiger partial charge in [0.2, 0.25) is 5.78 Å². The van der Waals surface area contributed by atoms with Crippen molar-refractivity contribution in [1.29, 1.82) is 0 Å². The van der Waals surface area contributed by atoms with E-state index in [4.69, 9.17) is 15.0 Å². The van der Waals surface area contributed by atoms with E-state index in [1.54, 1.807) is 0 Å². The second-order valence-corrected chi connectivity index (χ2v) is 15.6. The third-order valence-corrected chi connectivity index (χ3v) is 14.0. The summed E-state index contributed by atoms with van der Waals surface area (Å²) < 4.78 is 4.35. The van der Waals surface area contributed by atoms with E-state index < -0.39 is 8.07 Å². The Morgan fingerprint density at radius 2 is 1.04 bits per heavy atom. The van der Waals surface area contributed by atoms with Crippen LogP contribution >= 0.6 is 0 Å². The lowest BCUT2D eigenvalue weighted by atomic mass is 10.2. The smallest absolute Gasteiger partial charge is 0.221 e. The molecule has 4 aromatic heterocycles. The Morgan fingerprint density at radius 1 is 0.468 bits per heavy atom. The first-order valence-corrected chi connectivity index (χ1v) is 17.8. The second-order valence-electron chi connectivity index (χ2n) is 11.7. The van der Waals surface area contributed by atoms with Crippen LogP contribution in [0.25, 0.3) is 44.9 Å². The van der Waals surface area contributed by atoms with Gasteiger partial charge in [0.1, 0.15) is 5.82 Å². The van der Waals surface area contributed by atoms with Crippen LogP contribution in [0.2, 0.25) is 0 Å². The minimum absolute atomic E-state index is 0.813. The summed E-state index contributed by atoms with van der Waals surface area (Å²) in [6, 6.07) is 58.2. The molecule has 9 rings (SSSR count). The zero-order chi connectivity index (χ0) is 31.2. The van der Waals surface area contributed by atoms with Crippen LogP contribution in [-0.2, 0) is 0 Å². The number of hydrogen-bond donors (Lipinski definition) is 0. The molecular weight excluding hydrogens is 591 g/mol. The number of benzene rings is 5. The predicted octanol–water partition coefficient (Wildman–Crippen LogP) is 6.27. The molecule has 0 aliphatic rings. The molecule has 0 spiro atoms. The summed E-state index contributed by atoms with van der Waals surface area (Å²) in [4.78, 5) is 14.9. The Balaban J connectivity index is 1.21. The molecule has 222 valence electrons. The van der Waals surface area contributed by atoms with Gasteiger partial charge < -0.3 is 0 Å². The van der Waals surface area contributed by atoms with Gasteiger partial charge in [0.15, 0.2) is 8.07 Å². The van der Waals surface area contributed by atoms with Gasteiger partial charge in [-0.2, -0.15) is 0 Å². The minimum Gasteiger partial charge on any atom is -0.276 e. The van der Waals surface area contributed by atoms with Gasteiger partial charge >= 0.3 is 0 Å². The first-order valence-electron chi connectivity index (χ1n) is 15.8. The molecule has 0 unspecified atom stereocenters. The lowest BCUT2D eigenvalue weighted by Gasteiger charge is -2.34. The van der Waals surface area contributed by atoms with Gasteiger partial charge in [-0.3, -0.25) is 14.0 Å². The minimum atomic E-state index is -2.67. The van der Waals surface area contributed by atoms with Gasteiger partial charge in [0.05, 0.1) is 27.8 Å². The van der Waals surface area contributed by atoms with E-state index in [9.17, 15) is 0 Å². The fourth-order valence-corrected chi connectivity index (χ4v) is 11.9. The highest BCUT2D eigenvalue weighted by Crippen LogP contribution is 2.29. The van der Waals surface area contributed by atoms with E-state index in [0.29, 0.717) is 0 Å². The summed E-state index contributed by atoms with van der Waals surface area (Å²) in [5.74, 6) is 1.66. The number of pyridine rings is 2. The van der Waals surface area contributed by atoms with Crippen molar-refractivity contribution in [3.05, 3.63) is 176 Å². The third kappa shape index (κ3) is 4.26. The van der Waals surface area contributed by atoms with Crippen LogP contribution in [0.1, 0.15) is 0 Å². The van der Waals surface area contributed by atoms with E-state index in [1.165, 1.54) is 20.7 Å². The molecule has 0 amide bonds. The van der Waals surface area contributed by atoms with Crippen LogP contribution in [0.4, 0.5) is 0 Å². The molecule has 47 heavy (non-hydrogen) atoms. The van der Waals surface area contributed by atoms with Gasteiger partial charge in [0, 0.05) is 18.0 Å². The molecule has 0 aliphatic heterocycles. The van der Waals surface area contributed by atoms with Gasteiger partial charge in [-0.05, 0) is 69.3 Å². The molecule has 0 saturated heterocycles. The molecule has 4 heterocycles. The Hall–Kier alpha value is -6.11. The van der Waals surface area contributed by atoms with Crippen molar-refractivity contribution in [2.75, 3.05) is 0 Å². The molecule has 0 aliphatic carbocycles. The number of fused-ring (bicyclic) bond motifs is 5. The average molecular weight is 620 g/mol. The highest BCUT2D eigenvalue weighted by Gasteiger charge is 2.41. The summed E-state index contributed by atoms with van der Waals surface area (Å²) in [6.45, 7) is 0. The molecule has 0 N–H and O–H groups in total. The summed E-state index contributed by atoms with van der Waals surface area (Å²) in [7, 11) is -2.67. The normalized spacial score (nSPS) is 11.8. The summed E-state index contributed by atoms with van der Waals surface area (Å²) in [5.41, 5.74) is 6.07. The summed E-state index contributed by atoms with van der Waals surface area (Å²) in [5, 5.41) is 5.27. The Bertz CT molecular complexity index is 2410. The molecule has 0 bridgehead atoms. The molecule has 6 heteroatoms. The van der Waals surface area contributed by atoms with Crippen molar-refractivity contribution in [3.8, 4) is 17.1 Å². The SMILES string of the molecule is c1ccc([Si](c2ccccc2)(c2ccccc2)c2ccnc(-c3ccc(-n4c5ccccc5n5c6ccccc6nc45)nc3)c2)cc1. The number of imidazole rings is 2. The van der Waals surface area contributed by atoms with Crippen LogP contribution in [0.15, 0.2) is 176 Å². The van der Waals surface area contributed by atoms with Crippen molar-refractivity contribution in [2.45, 2.75) is 0 Å². The maximum Gasteiger partial charge on any atom is 0.221 e. The Labute approximate surface area is 273 Å². The standard InChI is InChI=1S/C41H29N5Si/c1-4-14-31(15-5-1)47(32-16-6-2-7-17-32,33-18-8-3-9-19-33)34-26-27-42-36(28-34)30-24-25-40(43-29-30)46-39-23-13-12-22-38(39)45-37-21-11-10-20-35(37)44-41(45)46/h1-29H. The zero-order valence-corrected chi connectivity index (χ0v) is 26.5. The molecule has 0 fully saturated rings. The van der Waals surface area contributed by atoms with Crippen LogP contribution in [0.5, 0.6) is 0 Å². The molecule has 0 radical (unpaired) electrons. The highest BCUT2D eigenvalue weighted by molar-refractivity contribution is 7.19. The third-order valence-electron chi connectivity index (χ3n) is 9.19. The lowest BCUT2D eigenvalue weighted by Crippen LogP contribution is -2.74. The largest absolute Gasteiger partial charge is 0.276 e. The maximum atomic E-state index is 5.02. The molecule has 9 aromatic rings. The Morgan fingerprint density at radius 3 is 1.66 bits per heavy atom. The summed E-state index contributed by atoms with van der Waals surface area (Å²) >= 11 is 0. The quantitative estimate of drug-likeness (QED) is 0.163. The van der Waals surface area contributed by atoms with E-state index >= 15 is 0 Å². The lowest BCUT2D eigenvalue weighted by molar-refractivity contribution is 1.04. The molecule has 0 saturated carbocycles. The van der Waals surface area contributed by atoms with Gasteiger partial charge in [-0.15, -0.1) is 0 Å². The van der Waals surface area contributed by atoms with Gasteiger partial charge in [0.25, 0.3) is 0 Å². The number of hydrogen-bond acceptors (Lipinski definition) is 3. The van der Waals surface area contributed by atoms with Crippen LogP contribution < -0.4 is 20.7 Å². The Kier molecular flexibility index (Phi) is 6.40. The molecule has 5 nitrogen and oxygen atoms in total. The van der Waals surface area contributed by atoms with Crippen molar-refractivity contribution in [3.63, 3.8) is 0 Å². The van der Waals surface area contributed by atoms with Gasteiger partial charge in [-0.25, -0.2) is 9.97 Å². The van der Waals surface area contributed by atoms with Crippen LogP contribution in [0, 0.1) is 0 Å². The zero-order valence-electron chi connectivity index (χ0n) is 25.5. The number of para-hydroxylation sites is 4. The average Bonchev–Trinajstić information content (AvgIpc) is 3.68. The van der Waals surface area contributed by atoms with Crippen molar-refractivity contribution in [1.82, 2.24) is 23.9 Å². The number of rotatable bonds is 6. The van der Waals surface area contributed by atoms with E-state index in [-0.39, 0.29) is 0 Å². The fraction of sp³-hybridized carbons (Fsp3) is 0. The van der Waals surface area contributed by atoms with E-state index in [1.807, 2.05) is 18.5 Å². The fourth-order valence-electron chi connectivity index (χ4n) is 7.13. The van der Waals surface area contributed by atoms with Crippen molar-refractivity contribution >= 4 is 56.7 Å². The monoisotopic (exact) mass is 619 g/mol. The van der Waals surface area contributed by atoms with Crippen LogP contribution in [-0.4, -0.2) is 32.0 Å². The highest BCUT2D eigenvalue weighted by atomic mass is 28.3. The summed E-state index contributed by atoms with van der Waals surface area (Å²) in [6.07, 6.45) is 3.89. The maximum absolute atomic E-state index is 5.02. The predicted molar refractivity (Wildman–Crippen MR) is 194 cm³/mol. The van der Waals surface area contributed by atoms with Crippen LogP contribution in [0.3, 0.4) is 0 Å². The molecule has 5 aromatic carbocycles. The van der Waals surface area contributed by atoms with E-state index in [0.717, 1.165) is 44.9 Å². The molecule has 0 atom stereocenters. The first kappa shape index (κ1) is 27.2. The van der Waals surface area contributed by atoms with Crippen molar-refractivity contribution in [2.24, 2.45) is 0 Å². The second kappa shape index (κ2) is 11.0. The van der Waals surface area contributed by atoms with E-state index in [2.05, 4.69) is 167 Å². The number of nitrogens with zero attached hydrogens (tertiary/aromatic N) is 5. The van der Waals surface area contributed by atoms with Crippen molar-refractivity contribution < 1.29 is 0 Å². The van der Waals surface area contributed by atoms with Gasteiger partial charge in [-0.1, -0.05) is 115 Å².